The maximum atomic E-state index is 5.81. The Kier molecular flexibility index (Phi) is 9.00. The van der Waals surface area contributed by atoms with E-state index in [4.69, 9.17) is 23.2 Å². The first-order chi connectivity index (χ1) is 8.10. The third-order valence-electron chi connectivity index (χ3n) is 1.52. The summed E-state index contributed by atoms with van der Waals surface area (Å²) in [6, 6.07) is 0. The Morgan fingerprint density at radius 3 is 2.35 bits per heavy atom. The Morgan fingerprint density at radius 2 is 1.82 bits per heavy atom. The summed E-state index contributed by atoms with van der Waals surface area (Å²) in [5.41, 5.74) is 1.34. The number of H-pyrrole nitrogens is 1. The molecular weight excluding hydrogens is 344 g/mol. The number of nitrogens with one attached hydrogen (secondary N) is 2. The Bertz CT molecular complexity index is 464. The van der Waals surface area contributed by atoms with Crippen LogP contribution in [0.25, 0.3) is 11.0 Å². The first kappa shape index (κ1) is 17.0. The fourth-order valence-corrected chi connectivity index (χ4v) is 1.51. The Balaban J connectivity index is 0.000000450. The summed E-state index contributed by atoms with van der Waals surface area (Å²) < 4.78 is 2.38. The van der Waals surface area contributed by atoms with Crippen molar-refractivity contribution >= 4 is 64.1 Å². The molecule has 5 nitrogen and oxygen atoms in total. The molecule has 0 spiro atoms. The summed E-state index contributed by atoms with van der Waals surface area (Å²) in [4.78, 5) is 7.68. The van der Waals surface area contributed by atoms with Crippen molar-refractivity contribution < 1.29 is 0 Å². The van der Waals surface area contributed by atoms with Gasteiger partial charge in [0.05, 0.1) is 5.39 Å². The number of nitrogens with zero attached hydrogens (tertiary/aromatic N) is 3. The number of hydrogen-bond acceptors (Lipinski definition) is 5. The van der Waals surface area contributed by atoms with Gasteiger partial charge in [0, 0.05) is 5.69 Å². The molecule has 2 aromatic rings. The molecule has 0 aliphatic heterocycles. The molecule has 0 aliphatic carbocycles. The number of aryl methyl sites for hydroxylation is 1. The van der Waals surface area contributed by atoms with Crippen LogP contribution in [0.1, 0.15) is 19.5 Å². The molecule has 2 heterocycles. The maximum absolute atomic E-state index is 5.81. The molecule has 0 aromatic carbocycles. The van der Waals surface area contributed by atoms with Crippen LogP contribution < -0.4 is 3.64 Å². The van der Waals surface area contributed by atoms with Crippen LogP contribution in [0.15, 0.2) is 0 Å². The van der Waals surface area contributed by atoms with Crippen molar-refractivity contribution in [3.8, 4) is 0 Å². The van der Waals surface area contributed by atoms with Crippen LogP contribution in [0.4, 0.5) is 0 Å². The third-order valence-corrected chi connectivity index (χ3v) is 1.97. The van der Waals surface area contributed by atoms with E-state index in [0.29, 0.717) is 10.8 Å². The second-order valence-electron chi connectivity index (χ2n) is 2.43. The number of hydrogen-bond donors (Lipinski definition) is 3. The van der Waals surface area contributed by atoms with Crippen LogP contribution in [-0.2, 0) is 0 Å². The molecule has 9 heteroatoms. The summed E-state index contributed by atoms with van der Waals surface area (Å²) in [5, 5.41) is 7.81. The van der Waals surface area contributed by atoms with Gasteiger partial charge in [-0.25, -0.2) is 4.98 Å². The monoisotopic (exact) mass is 355 g/mol. The van der Waals surface area contributed by atoms with Crippen molar-refractivity contribution in [2.75, 3.05) is 0 Å². The van der Waals surface area contributed by atoms with Gasteiger partial charge in [-0.3, -0.25) is 5.10 Å². The molecular formula is C8H12AsCl2N5S. The van der Waals surface area contributed by atoms with Gasteiger partial charge in [0.1, 0.15) is 5.15 Å². The average molecular weight is 356 g/mol. The SMILES string of the molecule is CC.Cc1[nH]nc2nc(Cl)nc(Cl)c12.SN[As]. The van der Waals surface area contributed by atoms with Crippen molar-refractivity contribution in [1.82, 2.24) is 23.8 Å². The Labute approximate surface area is 124 Å². The van der Waals surface area contributed by atoms with Gasteiger partial charge in [0.2, 0.25) is 5.28 Å². The topological polar surface area (TPSA) is 66.5 Å². The molecule has 94 valence electrons. The predicted octanol–water partition coefficient (Wildman–Crippen LogP) is 2.50. The van der Waals surface area contributed by atoms with Gasteiger partial charge < -0.3 is 0 Å². The van der Waals surface area contributed by atoms with E-state index < -0.39 is 0 Å². The third kappa shape index (κ3) is 5.02. The molecule has 0 amide bonds. The molecule has 0 saturated heterocycles. The predicted molar refractivity (Wildman–Crippen MR) is 75.7 cm³/mol. The molecule has 0 bridgehead atoms. The number of rotatable bonds is 0. The summed E-state index contributed by atoms with van der Waals surface area (Å²) in [7, 11) is 0. The first-order valence-electron chi connectivity index (χ1n) is 4.67. The summed E-state index contributed by atoms with van der Waals surface area (Å²) in [6.45, 7) is 5.85. The zero-order valence-electron chi connectivity index (χ0n) is 9.49. The molecule has 2 radical (unpaired) electrons. The van der Waals surface area contributed by atoms with E-state index in [1.807, 2.05) is 20.8 Å². The number of aromatic amines is 1. The van der Waals surface area contributed by atoms with Gasteiger partial charge in [-0.05, 0) is 18.5 Å². The quantitative estimate of drug-likeness (QED) is 0.294. The minimum atomic E-state index is 0.110. The first-order valence-corrected chi connectivity index (χ1v) is 6.81. The van der Waals surface area contributed by atoms with Crippen molar-refractivity contribution in [2.24, 2.45) is 0 Å². The van der Waals surface area contributed by atoms with E-state index >= 15 is 0 Å². The molecule has 0 unspecified atom stereocenters. The summed E-state index contributed by atoms with van der Waals surface area (Å²) in [6.07, 6.45) is 0. The second kappa shape index (κ2) is 9.00. The number of halogens is 2. The fourth-order valence-electron chi connectivity index (χ4n) is 0.993. The molecule has 0 aliphatic rings. The van der Waals surface area contributed by atoms with Crippen molar-refractivity contribution in [3.63, 3.8) is 0 Å². The molecule has 17 heavy (non-hydrogen) atoms. The summed E-state index contributed by atoms with van der Waals surface area (Å²) >= 11 is 17.0. The van der Waals surface area contributed by atoms with Crippen molar-refractivity contribution in [1.29, 1.82) is 0 Å². The average Bonchev–Trinajstić information content (AvgIpc) is 2.64. The molecule has 0 saturated carbocycles. The van der Waals surface area contributed by atoms with Crippen LogP contribution in [-0.4, -0.2) is 37.2 Å². The molecule has 2 aromatic heterocycles. The van der Waals surface area contributed by atoms with Crippen LogP contribution in [0.3, 0.4) is 0 Å². The zero-order valence-corrected chi connectivity index (χ0v) is 13.8. The van der Waals surface area contributed by atoms with Gasteiger partial charge in [-0.2, -0.15) is 10.1 Å². The molecule has 0 fully saturated rings. The molecule has 2 rings (SSSR count). The van der Waals surface area contributed by atoms with Crippen LogP contribution in [0.5, 0.6) is 0 Å². The van der Waals surface area contributed by atoms with E-state index in [1.165, 1.54) is 0 Å². The standard InChI is InChI=1S/C6H4Cl2N4.C2H6.AsH2NS/c1-2-3-4(7)9-6(8)10-5(3)12-11-2;1-2;1-2-3/h1H3,(H,9,10,11,12);1-2H3;2-3H. The van der Waals surface area contributed by atoms with Gasteiger partial charge in [-0.1, -0.05) is 25.4 Å². The second-order valence-corrected chi connectivity index (χ2v) is 4.59. The number of fused-ring (bicyclic) bond motifs is 1. The number of thiol groups is 1. The van der Waals surface area contributed by atoms with Gasteiger partial charge >= 0.3 is 33.5 Å². The minimum absolute atomic E-state index is 0.110. The molecule has 0 atom stereocenters. The van der Waals surface area contributed by atoms with E-state index in [0.717, 1.165) is 11.1 Å². The Hall–Kier alpha value is -0.00156. The van der Waals surface area contributed by atoms with E-state index in [-0.39, 0.29) is 5.28 Å². The summed E-state index contributed by atoms with van der Waals surface area (Å²) in [5.74, 6) is 0. The van der Waals surface area contributed by atoms with E-state index in [9.17, 15) is 0 Å². The number of aromatic nitrogens is 4. The van der Waals surface area contributed by atoms with Crippen molar-refractivity contribution in [2.45, 2.75) is 20.8 Å². The van der Waals surface area contributed by atoms with E-state index in [2.05, 4.69) is 53.7 Å². The van der Waals surface area contributed by atoms with Gasteiger partial charge in [0.25, 0.3) is 0 Å². The van der Waals surface area contributed by atoms with Crippen LogP contribution in [0.2, 0.25) is 10.4 Å². The molecule has 2 N–H and O–H groups in total. The van der Waals surface area contributed by atoms with Crippen LogP contribution >= 0.6 is 36.0 Å². The Morgan fingerprint density at radius 1 is 1.29 bits per heavy atom. The fraction of sp³-hybridized carbons (Fsp3) is 0.375. The van der Waals surface area contributed by atoms with Crippen LogP contribution in [0, 0.1) is 6.92 Å². The van der Waals surface area contributed by atoms with Gasteiger partial charge in [-0.15, -0.1) is 0 Å². The normalized spacial score (nSPS) is 9.12. The van der Waals surface area contributed by atoms with Crippen molar-refractivity contribution in [3.05, 3.63) is 16.1 Å². The van der Waals surface area contributed by atoms with Gasteiger partial charge in [0.15, 0.2) is 5.65 Å². The van der Waals surface area contributed by atoms with E-state index in [1.54, 1.807) is 0 Å². The zero-order chi connectivity index (χ0) is 13.4.